The quantitative estimate of drug-likeness (QED) is 0.694. The van der Waals surface area contributed by atoms with E-state index in [4.69, 9.17) is 0 Å². The van der Waals surface area contributed by atoms with Gasteiger partial charge in [0.2, 0.25) is 0 Å². The summed E-state index contributed by atoms with van der Waals surface area (Å²) in [5, 5.41) is 20.3. The number of aliphatic hydroxyl groups excluding tert-OH is 2. The molecule has 4 fully saturated rings. The predicted octanol–water partition coefficient (Wildman–Crippen LogP) is 4.09. The molecular weight excluding hydrogens is 317 g/mol. The van der Waals surface area contributed by atoms with Gasteiger partial charge in [-0.3, -0.25) is 0 Å². The molecule has 8 atom stereocenters. The summed E-state index contributed by atoms with van der Waals surface area (Å²) in [6.07, 6.45) is 1.43. The molecule has 0 radical (unpaired) electrons. The second-order valence-electron chi connectivity index (χ2n) is 9.54. The second kappa shape index (κ2) is 4.91. The SMILES string of the molecule is C[C@]12CC[C@H]3[C@@H](CC(F)(F)[C@@]4(F)C[C@H](O)CC[C@]34C)[C@@H]1CCC2O. The fraction of sp³-hybridized carbons (Fsp3) is 1.00. The molecule has 0 saturated heterocycles. The number of halogens is 3. The fourth-order valence-corrected chi connectivity index (χ4v) is 7.16. The Morgan fingerprint density at radius 1 is 0.833 bits per heavy atom. The third-order valence-electron chi connectivity index (χ3n) is 8.70. The number of hydrogen-bond donors (Lipinski definition) is 2. The maximum absolute atomic E-state index is 15.8. The summed E-state index contributed by atoms with van der Waals surface area (Å²) < 4.78 is 45.8. The Bertz CT molecular complexity index is 541. The maximum Gasteiger partial charge on any atom is 0.282 e. The summed E-state index contributed by atoms with van der Waals surface area (Å²) in [6.45, 7) is 3.74. The first-order valence-corrected chi connectivity index (χ1v) is 9.48. The number of rotatable bonds is 0. The first-order valence-electron chi connectivity index (χ1n) is 9.48. The molecule has 0 aromatic carbocycles. The van der Waals surface area contributed by atoms with Crippen molar-refractivity contribution in [2.45, 2.75) is 89.0 Å². The lowest BCUT2D eigenvalue weighted by Gasteiger charge is -2.64. The van der Waals surface area contributed by atoms with Gasteiger partial charge < -0.3 is 10.2 Å². The normalized spacial score (nSPS) is 59.4. The Balaban J connectivity index is 1.76. The van der Waals surface area contributed by atoms with Crippen LogP contribution in [0.3, 0.4) is 0 Å². The molecule has 0 heterocycles. The van der Waals surface area contributed by atoms with E-state index in [1.165, 1.54) is 0 Å². The average molecular weight is 346 g/mol. The topological polar surface area (TPSA) is 40.5 Å². The number of fused-ring (bicyclic) bond motifs is 5. The van der Waals surface area contributed by atoms with Crippen molar-refractivity contribution in [3.63, 3.8) is 0 Å². The Kier molecular flexibility index (Phi) is 3.50. The van der Waals surface area contributed by atoms with Gasteiger partial charge in [-0.05, 0) is 61.7 Å². The number of aliphatic hydroxyl groups is 2. The molecule has 1 unspecified atom stereocenters. The summed E-state index contributed by atoms with van der Waals surface area (Å²) in [5.41, 5.74) is -3.98. The zero-order valence-corrected chi connectivity index (χ0v) is 14.6. The minimum atomic E-state index is -3.41. The van der Waals surface area contributed by atoms with Crippen LogP contribution in [0.15, 0.2) is 0 Å². The van der Waals surface area contributed by atoms with E-state index in [0.717, 1.165) is 12.8 Å². The van der Waals surface area contributed by atoms with Crippen LogP contribution < -0.4 is 0 Å². The van der Waals surface area contributed by atoms with Crippen molar-refractivity contribution in [3.05, 3.63) is 0 Å². The molecule has 2 nitrogen and oxygen atoms in total. The summed E-state index contributed by atoms with van der Waals surface area (Å²) in [4.78, 5) is 0. The lowest BCUT2D eigenvalue weighted by molar-refractivity contribution is -0.294. The summed E-state index contributed by atoms with van der Waals surface area (Å²) in [7, 11) is 0. The lowest BCUT2D eigenvalue weighted by Crippen LogP contribution is -2.69. The number of hydrogen-bond acceptors (Lipinski definition) is 2. The van der Waals surface area contributed by atoms with E-state index in [2.05, 4.69) is 0 Å². The summed E-state index contributed by atoms with van der Waals surface area (Å²) >= 11 is 0. The van der Waals surface area contributed by atoms with Crippen molar-refractivity contribution in [1.82, 2.24) is 0 Å². The Labute approximate surface area is 141 Å². The largest absolute Gasteiger partial charge is 0.393 e. The van der Waals surface area contributed by atoms with Crippen LogP contribution in [0.2, 0.25) is 0 Å². The standard InChI is InChI=1S/C19H29F3O2/c1-16-7-6-14-12(13(16)3-4-15(16)24)10-19(21,22)18(20)9-11(23)5-8-17(14,18)2/h11-15,23-24H,3-10H2,1-2H3/t11-,12+,13+,14+,15?,16+,17-,18-/m1/s1. The van der Waals surface area contributed by atoms with Gasteiger partial charge in [-0.25, -0.2) is 13.2 Å². The average Bonchev–Trinajstić information content (AvgIpc) is 2.79. The van der Waals surface area contributed by atoms with E-state index in [9.17, 15) is 10.2 Å². The highest BCUT2D eigenvalue weighted by Crippen LogP contribution is 2.71. The van der Waals surface area contributed by atoms with Gasteiger partial charge in [0.05, 0.1) is 12.2 Å². The summed E-state index contributed by atoms with van der Waals surface area (Å²) in [6, 6.07) is 0. The zero-order chi connectivity index (χ0) is 17.5. The third kappa shape index (κ3) is 1.86. The van der Waals surface area contributed by atoms with Crippen LogP contribution in [0.5, 0.6) is 0 Å². The van der Waals surface area contributed by atoms with E-state index in [-0.39, 0.29) is 23.2 Å². The first-order chi connectivity index (χ1) is 11.1. The van der Waals surface area contributed by atoms with E-state index >= 15 is 13.2 Å². The predicted molar refractivity (Wildman–Crippen MR) is 84.4 cm³/mol. The molecule has 0 spiro atoms. The van der Waals surface area contributed by atoms with E-state index in [1.54, 1.807) is 6.92 Å². The first kappa shape index (κ1) is 17.1. The molecule has 0 aromatic heterocycles. The molecule has 0 aliphatic heterocycles. The van der Waals surface area contributed by atoms with Crippen molar-refractivity contribution in [3.8, 4) is 0 Å². The van der Waals surface area contributed by atoms with Crippen LogP contribution in [0.4, 0.5) is 13.2 Å². The van der Waals surface area contributed by atoms with Gasteiger partial charge >= 0.3 is 0 Å². The molecule has 5 heteroatoms. The van der Waals surface area contributed by atoms with E-state index in [1.807, 2.05) is 6.92 Å². The molecule has 138 valence electrons. The van der Waals surface area contributed by atoms with Gasteiger partial charge in [0.1, 0.15) is 0 Å². The highest BCUT2D eigenvalue weighted by molar-refractivity contribution is 5.19. The van der Waals surface area contributed by atoms with Crippen LogP contribution in [0.25, 0.3) is 0 Å². The molecule has 4 aliphatic carbocycles. The van der Waals surface area contributed by atoms with E-state index in [0.29, 0.717) is 25.7 Å². The van der Waals surface area contributed by atoms with Crippen molar-refractivity contribution >= 4 is 0 Å². The smallest absolute Gasteiger partial charge is 0.282 e. The van der Waals surface area contributed by atoms with Gasteiger partial charge in [0.25, 0.3) is 5.92 Å². The molecule has 0 bridgehead atoms. The van der Waals surface area contributed by atoms with Gasteiger partial charge in [-0.15, -0.1) is 0 Å². The van der Waals surface area contributed by atoms with Crippen molar-refractivity contribution in [2.24, 2.45) is 28.6 Å². The second-order valence-corrected chi connectivity index (χ2v) is 9.54. The highest BCUT2D eigenvalue weighted by atomic mass is 19.3. The van der Waals surface area contributed by atoms with Crippen LogP contribution in [0, 0.1) is 28.6 Å². The monoisotopic (exact) mass is 346 g/mol. The van der Waals surface area contributed by atoms with Crippen molar-refractivity contribution < 1.29 is 23.4 Å². The minimum absolute atomic E-state index is 0.0605. The molecule has 4 aliphatic rings. The molecule has 4 rings (SSSR count). The van der Waals surface area contributed by atoms with Gasteiger partial charge in [0.15, 0.2) is 5.67 Å². The van der Waals surface area contributed by atoms with Gasteiger partial charge in [-0.2, -0.15) is 0 Å². The summed E-state index contributed by atoms with van der Waals surface area (Å²) in [5.74, 6) is -3.64. The number of alkyl halides is 3. The fourth-order valence-electron chi connectivity index (χ4n) is 7.16. The van der Waals surface area contributed by atoms with Crippen LogP contribution in [0.1, 0.15) is 65.2 Å². The van der Waals surface area contributed by atoms with Crippen molar-refractivity contribution in [1.29, 1.82) is 0 Å². The Hall–Kier alpha value is -0.290. The van der Waals surface area contributed by atoms with Crippen LogP contribution in [-0.2, 0) is 0 Å². The molecule has 4 saturated carbocycles. The molecule has 24 heavy (non-hydrogen) atoms. The van der Waals surface area contributed by atoms with Crippen LogP contribution in [-0.4, -0.2) is 34.0 Å². The van der Waals surface area contributed by atoms with Crippen molar-refractivity contribution in [2.75, 3.05) is 0 Å². The Morgan fingerprint density at radius 2 is 1.54 bits per heavy atom. The maximum atomic E-state index is 15.8. The third-order valence-corrected chi connectivity index (χ3v) is 8.70. The highest BCUT2D eigenvalue weighted by Gasteiger charge is 2.75. The zero-order valence-electron chi connectivity index (χ0n) is 14.6. The Morgan fingerprint density at radius 3 is 2.25 bits per heavy atom. The molecule has 0 amide bonds. The van der Waals surface area contributed by atoms with Crippen LogP contribution >= 0.6 is 0 Å². The minimum Gasteiger partial charge on any atom is -0.393 e. The molecule has 0 aromatic rings. The molecular formula is C19H29F3O2. The van der Waals surface area contributed by atoms with Gasteiger partial charge in [0, 0.05) is 18.3 Å². The van der Waals surface area contributed by atoms with E-state index < -0.39 is 42.1 Å². The lowest BCUT2D eigenvalue weighted by atomic mass is 9.43. The van der Waals surface area contributed by atoms with Gasteiger partial charge in [-0.1, -0.05) is 13.8 Å². The molecule has 2 N–H and O–H groups in total.